The molecule has 0 aromatic heterocycles. The second kappa shape index (κ2) is 19.0. The maximum atomic E-state index is 13.6. The summed E-state index contributed by atoms with van der Waals surface area (Å²) in [6, 6.07) is 4.70. The van der Waals surface area contributed by atoms with Crippen LogP contribution in [0.3, 0.4) is 0 Å². The van der Waals surface area contributed by atoms with E-state index in [0.29, 0.717) is 5.56 Å². The van der Waals surface area contributed by atoms with Crippen molar-refractivity contribution in [2.45, 2.75) is 96.8 Å². The molecule has 1 fully saturated rings. The summed E-state index contributed by atoms with van der Waals surface area (Å²) in [4.78, 5) is 98.3. The summed E-state index contributed by atoms with van der Waals surface area (Å²) in [5, 5.41) is 7.28. The number of ether oxygens (including phenoxy) is 6. The first-order valence-electron chi connectivity index (χ1n) is 15.1. The summed E-state index contributed by atoms with van der Waals surface area (Å²) in [5.41, 5.74) is 6.23. The molecule has 1 heterocycles. The van der Waals surface area contributed by atoms with E-state index in [1.807, 2.05) is 0 Å². The van der Waals surface area contributed by atoms with E-state index >= 15 is 0 Å². The highest BCUT2D eigenvalue weighted by molar-refractivity contribution is 5.93. The quantitative estimate of drug-likeness (QED) is 0.111. The summed E-state index contributed by atoms with van der Waals surface area (Å²) >= 11 is 0. The van der Waals surface area contributed by atoms with Gasteiger partial charge in [0.25, 0.3) is 0 Å². The van der Waals surface area contributed by atoms with Crippen molar-refractivity contribution in [3.63, 3.8) is 0 Å². The summed E-state index contributed by atoms with van der Waals surface area (Å²) in [5.74, 6) is -6.51. The number of amides is 4. The van der Waals surface area contributed by atoms with Crippen molar-refractivity contribution in [1.29, 1.82) is 0 Å². The Kier molecular flexibility index (Phi) is 15.6. The molecule has 0 saturated carbocycles. The predicted molar refractivity (Wildman–Crippen MR) is 164 cm³/mol. The molecule has 0 spiro atoms. The Morgan fingerprint density at radius 1 is 0.735 bits per heavy atom. The van der Waals surface area contributed by atoms with Gasteiger partial charge in [0.15, 0.2) is 24.6 Å². The number of carbonyl (C=O) groups excluding carboxylic acids is 8. The number of nitrogens with two attached hydrogens (primary N) is 1. The number of rotatable bonds is 16. The fraction of sp³-hybridized carbons (Fsp3) is 0.548. The molecule has 0 aliphatic carbocycles. The van der Waals surface area contributed by atoms with Crippen LogP contribution in [0, 0.1) is 0 Å². The van der Waals surface area contributed by atoms with E-state index in [2.05, 4.69) is 16.0 Å². The molecule has 8 atom stereocenters. The number of hydrogen-bond acceptors (Lipinski definition) is 14. The molecule has 18 heteroatoms. The van der Waals surface area contributed by atoms with E-state index in [4.69, 9.17) is 34.2 Å². The first kappa shape index (κ1) is 40.1. The van der Waals surface area contributed by atoms with Crippen LogP contribution >= 0.6 is 0 Å². The van der Waals surface area contributed by atoms with Crippen LogP contribution in [0.25, 0.3) is 0 Å². The van der Waals surface area contributed by atoms with Crippen molar-refractivity contribution in [3.05, 3.63) is 35.9 Å². The minimum Gasteiger partial charge on any atom is -0.463 e. The smallest absolute Gasteiger partial charge is 0.303 e. The Bertz CT molecular complexity index is 1370. The van der Waals surface area contributed by atoms with Crippen LogP contribution in [-0.4, -0.2) is 110 Å². The van der Waals surface area contributed by atoms with Crippen molar-refractivity contribution in [2.24, 2.45) is 5.73 Å². The zero-order valence-electron chi connectivity index (χ0n) is 27.9. The molecule has 2 rings (SSSR count). The topological polar surface area (TPSA) is 254 Å². The van der Waals surface area contributed by atoms with Crippen LogP contribution in [0.5, 0.6) is 0 Å². The molecular formula is C31H42N4O14. The van der Waals surface area contributed by atoms with Gasteiger partial charge in [-0.2, -0.15) is 0 Å². The molecule has 49 heavy (non-hydrogen) atoms. The van der Waals surface area contributed by atoms with Gasteiger partial charge in [0, 0.05) is 41.0 Å². The zero-order chi connectivity index (χ0) is 36.8. The molecule has 0 bridgehead atoms. The lowest BCUT2D eigenvalue weighted by molar-refractivity contribution is -0.308. The van der Waals surface area contributed by atoms with Gasteiger partial charge in [-0.05, 0) is 12.5 Å². The molecule has 18 nitrogen and oxygen atoms in total. The Morgan fingerprint density at radius 3 is 1.82 bits per heavy atom. The zero-order valence-corrected chi connectivity index (χ0v) is 27.9. The first-order chi connectivity index (χ1) is 23.0. The normalized spacial score (nSPS) is 21.8. The van der Waals surface area contributed by atoms with Crippen LogP contribution in [0.15, 0.2) is 30.3 Å². The molecule has 1 aliphatic heterocycles. The molecule has 0 radical (unpaired) electrons. The Balaban J connectivity index is 2.46. The summed E-state index contributed by atoms with van der Waals surface area (Å²) in [6.07, 6.45) is -7.66. The summed E-state index contributed by atoms with van der Waals surface area (Å²) in [6.45, 7) is 5.51. The highest BCUT2D eigenvalue weighted by Crippen LogP contribution is 2.30. The molecule has 270 valence electrons. The third kappa shape index (κ3) is 13.5. The van der Waals surface area contributed by atoms with Crippen LogP contribution in [0.2, 0.25) is 0 Å². The van der Waals surface area contributed by atoms with Gasteiger partial charge >= 0.3 is 23.9 Å². The van der Waals surface area contributed by atoms with Crippen molar-refractivity contribution in [2.75, 3.05) is 13.2 Å². The van der Waals surface area contributed by atoms with Crippen LogP contribution in [-0.2, 0) is 73.2 Å². The monoisotopic (exact) mass is 694 g/mol. The van der Waals surface area contributed by atoms with Gasteiger partial charge in [0.2, 0.25) is 23.6 Å². The van der Waals surface area contributed by atoms with Gasteiger partial charge in [0.05, 0.1) is 6.61 Å². The maximum absolute atomic E-state index is 13.6. The van der Waals surface area contributed by atoms with E-state index < -0.39 is 110 Å². The Hall–Kier alpha value is -5.10. The molecule has 1 aromatic rings. The molecule has 4 amide bonds. The van der Waals surface area contributed by atoms with Crippen LogP contribution in [0.1, 0.15) is 47.1 Å². The lowest BCUT2D eigenvalue weighted by Gasteiger charge is -2.44. The van der Waals surface area contributed by atoms with Gasteiger partial charge in [-0.15, -0.1) is 0 Å². The first-order valence-corrected chi connectivity index (χ1v) is 15.1. The minimum atomic E-state index is -1.68. The van der Waals surface area contributed by atoms with E-state index in [9.17, 15) is 38.4 Å². The SMILES string of the molecule is CC(=O)N[C@@H](C)C(=O)N[C@@H](CO[C@@H]1O[C@H](COC(C)=O)[C@H](OC(C)=O)[C@H](OC(C)=O)[C@H]1OC(C)=O)C(=O)N[C@@H](Cc1ccccc1)C(N)=O. The number of carbonyl (C=O) groups is 8. The number of benzene rings is 1. The van der Waals surface area contributed by atoms with Crippen LogP contribution in [0.4, 0.5) is 0 Å². The third-order valence-corrected chi connectivity index (χ3v) is 6.76. The number of hydrogen-bond donors (Lipinski definition) is 4. The molecular weight excluding hydrogens is 652 g/mol. The highest BCUT2D eigenvalue weighted by atomic mass is 16.7. The molecule has 0 unspecified atom stereocenters. The van der Waals surface area contributed by atoms with E-state index in [-0.39, 0.29) is 6.42 Å². The summed E-state index contributed by atoms with van der Waals surface area (Å²) < 4.78 is 32.8. The van der Waals surface area contributed by atoms with Gasteiger partial charge in [-0.1, -0.05) is 30.3 Å². The lowest BCUT2D eigenvalue weighted by Crippen LogP contribution is -2.64. The average molecular weight is 695 g/mol. The number of nitrogens with one attached hydrogen (secondary N) is 3. The fourth-order valence-electron chi connectivity index (χ4n) is 4.71. The van der Waals surface area contributed by atoms with Crippen molar-refractivity contribution < 1.29 is 66.8 Å². The van der Waals surface area contributed by atoms with Gasteiger partial charge < -0.3 is 50.1 Å². The second-order valence-corrected chi connectivity index (χ2v) is 11.0. The van der Waals surface area contributed by atoms with Crippen molar-refractivity contribution >= 4 is 47.5 Å². The lowest BCUT2D eigenvalue weighted by atomic mass is 9.98. The van der Waals surface area contributed by atoms with E-state index in [1.54, 1.807) is 30.3 Å². The largest absolute Gasteiger partial charge is 0.463 e. The Labute approximate surface area is 282 Å². The fourth-order valence-corrected chi connectivity index (χ4v) is 4.71. The summed E-state index contributed by atoms with van der Waals surface area (Å²) in [7, 11) is 0. The second-order valence-electron chi connectivity index (χ2n) is 11.0. The standard InChI is InChI=1S/C31H42N4O14/c1-15(33-16(2)36)29(42)35-23(30(43)34-22(28(32)41)12-21-10-8-7-9-11-21)13-45-31-27(48-20(6)40)26(47-19(5)39)25(46-18(4)38)24(49-31)14-44-17(3)37/h7-11,15,22-27,31H,12-14H2,1-6H3,(H2,32,41)(H,33,36)(H,34,43)(H,35,42)/t15-,22-,23-,24+,25-,26-,27+,31+/m0/s1. The van der Waals surface area contributed by atoms with Crippen molar-refractivity contribution in [1.82, 2.24) is 16.0 Å². The molecule has 1 aliphatic rings. The van der Waals surface area contributed by atoms with Gasteiger partial charge in [0.1, 0.15) is 30.8 Å². The Morgan fingerprint density at radius 2 is 1.29 bits per heavy atom. The molecule has 5 N–H and O–H groups in total. The molecule has 1 saturated heterocycles. The number of esters is 4. The highest BCUT2D eigenvalue weighted by Gasteiger charge is 2.53. The van der Waals surface area contributed by atoms with Crippen LogP contribution < -0.4 is 21.7 Å². The predicted octanol–water partition coefficient (Wildman–Crippen LogP) is -1.69. The average Bonchev–Trinajstić information content (AvgIpc) is 2.99. The maximum Gasteiger partial charge on any atom is 0.303 e. The van der Waals surface area contributed by atoms with Gasteiger partial charge in [-0.25, -0.2) is 0 Å². The minimum absolute atomic E-state index is 0.00538. The van der Waals surface area contributed by atoms with Gasteiger partial charge in [-0.3, -0.25) is 38.4 Å². The third-order valence-electron chi connectivity index (χ3n) is 6.76. The van der Waals surface area contributed by atoms with E-state index in [0.717, 1.165) is 27.7 Å². The molecule has 1 aromatic carbocycles. The van der Waals surface area contributed by atoms with E-state index in [1.165, 1.54) is 13.8 Å². The van der Waals surface area contributed by atoms with Crippen molar-refractivity contribution in [3.8, 4) is 0 Å². The number of primary amides is 1.